The van der Waals surface area contributed by atoms with Crippen LogP contribution in [0.5, 0.6) is 0 Å². The van der Waals surface area contributed by atoms with Crippen molar-refractivity contribution < 1.29 is 24.8 Å². The van der Waals surface area contributed by atoms with E-state index in [4.69, 9.17) is 15.3 Å². The van der Waals surface area contributed by atoms with Crippen molar-refractivity contribution in [2.24, 2.45) is 4.99 Å². The van der Waals surface area contributed by atoms with Crippen molar-refractivity contribution in [2.75, 3.05) is 57.9 Å². The molecule has 0 heterocycles. The number of aliphatic imine (C=N–C) groups is 1. The number of allylic oxidation sites excluding steroid dienone is 3. The average Bonchev–Trinajstić information content (AvgIpc) is 2.71. The van der Waals surface area contributed by atoms with Gasteiger partial charge in [-0.2, -0.15) is 0 Å². The van der Waals surface area contributed by atoms with Gasteiger partial charge in [-0.05, 0) is 42.8 Å². The first-order chi connectivity index (χ1) is 14.4. The molecule has 0 atom stereocenters. The van der Waals surface area contributed by atoms with E-state index in [1.54, 1.807) is 13.0 Å². The van der Waals surface area contributed by atoms with Crippen LogP contribution in [0.15, 0.2) is 52.7 Å². The van der Waals surface area contributed by atoms with Gasteiger partial charge in [0.1, 0.15) is 13.1 Å². The number of carbonyl (C=O) groups is 1. The molecule has 0 fully saturated rings. The highest BCUT2D eigenvalue weighted by molar-refractivity contribution is 6.22. The van der Waals surface area contributed by atoms with Crippen LogP contribution in [0, 0.1) is 5.21 Å². The molecule has 164 valence electrons. The van der Waals surface area contributed by atoms with Gasteiger partial charge in [-0.25, -0.2) is 4.99 Å². The Labute approximate surface area is 176 Å². The standard InChI is InChI=1S/C21H30N4O5/c1-16-14-20(19(15-21(16)29)23-7-11-26)24-18-4-2-17(3-5-18)22-6-8-25(30,9-12-27)10-13-28/h2-5,14-15,22-23,26-28H,6-13H2,1H3. The van der Waals surface area contributed by atoms with Crippen LogP contribution in [0.3, 0.4) is 0 Å². The summed E-state index contributed by atoms with van der Waals surface area (Å²) in [5.74, 6) is -0.0933. The van der Waals surface area contributed by atoms with Crippen molar-refractivity contribution in [1.82, 2.24) is 5.32 Å². The summed E-state index contributed by atoms with van der Waals surface area (Å²) in [5.41, 5.74) is 3.28. The van der Waals surface area contributed by atoms with Crippen LogP contribution in [-0.4, -0.2) is 84.0 Å². The summed E-state index contributed by atoms with van der Waals surface area (Å²) in [6.07, 6.45) is 3.19. The number of nitrogens with zero attached hydrogens (tertiary/aromatic N) is 2. The molecule has 0 saturated heterocycles. The molecule has 0 aromatic heterocycles. The number of quaternary nitrogens is 1. The first-order valence-corrected chi connectivity index (χ1v) is 9.91. The minimum absolute atomic E-state index is 0.0499. The fraction of sp³-hybridized carbons (Fsp3) is 0.429. The highest BCUT2D eigenvalue weighted by atomic mass is 16.5. The highest BCUT2D eigenvalue weighted by Gasteiger charge is 2.16. The van der Waals surface area contributed by atoms with Crippen LogP contribution in [0.1, 0.15) is 6.92 Å². The van der Waals surface area contributed by atoms with Crippen molar-refractivity contribution >= 4 is 22.9 Å². The summed E-state index contributed by atoms with van der Waals surface area (Å²) in [6, 6.07) is 7.32. The van der Waals surface area contributed by atoms with E-state index >= 15 is 0 Å². The van der Waals surface area contributed by atoms with Crippen LogP contribution in [0.2, 0.25) is 0 Å². The van der Waals surface area contributed by atoms with Gasteiger partial charge in [0, 0.05) is 18.3 Å². The summed E-state index contributed by atoms with van der Waals surface area (Å²) in [6.45, 7) is 2.29. The second kappa shape index (κ2) is 11.6. The van der Waals surface area contributed by atoms with Gasteiger partial charge in [-0.15, -0.1) is 0 Å². The van der Waals surface area contributed by atoms with Gasteiger partial charge in [0.2, 0.25) is 0 Å². The van der Waals surface area contributed by atoms with E-state index in [9.17, 15) is 10.0 Å². The fourth-order valence-electron chi connectivity index (χ4n) is 2.99. The lowest BCUT2D eigenvalue weighted by Gasteiger charge is -2.42. The molecule has 9 nitrogen and oxygen atoms in total. The number of rotatable bonds is 12. The second-order valence-corrected chi connectivity index (χ2v) is 7.05. The summed E-state index contributed by atoms with van der Waals surface area (Å²) in [5, 5.41) is 45.7. The third-order valence-corrected chi connectivity index (χ3v) is 4.70. The van der Waals surface area contributed by atoms with Crippen LogP contribution >= 0.6 is 0 Å². The molecule has 0 bridgehead atoms. The number of hydrogen-bond acceptors (Lipinski definition) is 8. The maximum Gasteiger partial charge on any atom is 0.183 e. The molecule has 1 aliphatic carbocycles. The van der Waals surface area contributed by atoms with Crippen molar-refractivity contribution in [3.8, 4) is 0 Å². The molecule has 0 radical (unpaired) electrons. The number of benzene rings is 1. The second-order valence-electron chi connectivity index (χ2n) is 7.05. The van der Waals surface area contributed by atoms with Gasteiger partial charge in [-0.3, -0.25) is 4.79 Å². The van der Waals surface area contributed by atoms with E-state index in [0.29, 0.717) is 35.8 Å². The monoisotopic (exact) mass is 418 g/mol. The van der Waals surface area contributed by atoms with Crippen molar-refractivity contribution in [1.29, 1.82) is 0 Å². The number of carbonyl (C=O) groups excluding carboxylic acids is 1. The Kier molecular flexibility index (Phi) is 9.15. The van der Waals surface area contributed by atoms with Crippen molar-refractivity contribution in [3.63, 3.8) is 0 Å². The smallest absolute Gasteiger partial charge is 0.183 e. The topological polar surface area (TPSA) is 137 Å². The Balaban J connectivity index is 2.02. The average molecular weight is 418 g/mol. The molecule has 0 aliphatic heterocycles. The number of aliphatic hydroxyl groups is 3. The van der Waals surface area contributed by atoms with Crippen LogP contribution in [0.4, 0.5) is 11.4 Å². The molecule has 1 aliphatic rings. The number of anilines is 1. The predicted octanol–water partition coefficient (Wildman–Crippen LogP) is 0.465. The lowest BCUT2D eigenvalue weighted by atomic mass is 10.0. The number of nitrogens with one attached hydrogen (secondary N) is 2. The Bertz CT molecular complexity index is 796. The Morgan fingerprint density at radius 2 is 1.60 bits per heavy atom. The third-order valence-electron chi connectivity index (χ3n) is 4.70. The molecular weight excluding hydrogens is 388 g/mol. The summed E-state index contributed by atoms with van der Waals surface area (Å²) in [4.78, 5) is 16.5. The molecule has 1 aromatic carbocycles. The van der Waals surface area contributed by atoms with Gasteiger partial charge < -0.3 is 35.8 Å². The van der Waals surface area contributed by atoms with Crippen molar-refractivity contribution in [2.45, 2.75) is 6.92 Å². The molecule has 0 spiro atoms. The van der Waals surface area contributed by atoms with E-state index < -0.39 is 4.65 Å². The predicted molar refractivity (Wildman–Crippen MR) is 116 cm³/mol. The van der Waals surface area contributed by atoms with Gasteiger partial charge in [0.25, 0.3) is 0 Å². The maximum atomic E-state index is 12.4. The van der Waals surface area contributed by atoms with Gasteiger partial charge >= 0.3 is 0 Å². The first kappa shape index (κ1) is 23.7. The number of aliphatic hydroxyl groups excluding tert-OH is 3. The SMILES string of the molecule is CC1=CC(=Nc2ccc(NCC[N+]([O-])(CCO)CCO)cc2)C(NCCO)=CC1=O. The van der Waals surface area contributed by atoms with Gasteiger partial charge in [-0.1, -0.05) is 0 Å². The molecule has 9 heteroatoms. The lowest BCUT2D eigenvalue weighted by molar-refractivity contribution is -0.879. The van der Waals surface area contributed by atoms with Gasteiger partial charge in [0.15, 0.2) is 5.78 Å². The molecule has 1 aromatic rings. The van der Waals surface area contributed by atoms with Crippen LogP contribution in [0.25, 0.3) is 0 Å². The molecule has 0 unspecified atom stereocenters. The molecule has 0 saturated carbocycles. The Morgan fingerprint density at radius 1 is 0.933 bits per heavy atom. The minimum Gasteiger partial charge on any atom is -0.633 e. The first-order valence-electron chi connectivity index (χ1n) is 9.91. The maximum absolute atomic E-state index is 12.4. The molecule has 2 rings (SSSR count). The van der Waals surface area contributed by atoms with E-state index in [1.165, 1.54) is 6.08 Å². The zero-order chi connectivity index (χ0) is 22.0. The molecular formula is C21H30N4O5. The normalized spacial score (nSPS) is 15.8. The van der Waals surface area contributed by atoms with Crippen LogP contribution in [-0.2, 0) is 4.79 Å². The Hall–Kier alpha value is -2.56. The van der Waals surface area contributed by atoms with E-state index in [-0.39, 0.29) is 45.2 Å². The van der Waals surface area contributed by atoms with Crippen molar-refractivity contribution in [3.05, 3.63) is 52.9 Å². The lowest BCUT2D eigenvalue weighted by Crippen LogP contribution is -2.49. The number of ketones is 1. The largest absolute Gasteiger partial charge is 0.633 e. The van der Waals surface area contributed by atoms with E-state index in [2.05, 4.69) is 15.6 Å². The van der Waals surface area contributed by atoms with E-state index in [1.807, 2.05) is 24.3 Å². The highest BCUT2D eigenvalue weighted by Crippen LogP contribution is 2.20. The fourth-order valence-corrected chi connectivity index (χ4v) is 2.99. The minimum atomic E-state index is -0.647. The third kappa shape index (κ3) is 7.05. The van der Waals surface area contributed by atoms with Crippen LogP contribution < -0.4 is 10.6 Å². The molecule has 5 N–H and O–H groups in total. The quantitative estimate of drug-likeness (QED) is 0.189. The molecule has 0 amide bonds. The van der Waals surface area contributed by atoms with Gasteiger partial charge in [0.05, 0.1) is 50.0 Å². The summed E-state index contributed by atoms with van der Waals surface area (Å²) in [7, 11) is 0. The zero-order valence-electron chi connectivity index (χ0n) is 17.2. The summed E-state index contributed by atoms with van der Waals surface area (Å²) < 4.78 is -0.647. The van der Waals surface area contributed by atoms with E-state index in [0.717, 1.165) is 5.69 Å². The Morgan fingerprint density at radius 3 is 2.20 bits per heavy atom. The zero-order valence-corrected chi connectivity index (χ0v) is 17.2. The number of hydroxylamine groups is 3. The summed E-state index contributed by atoms with van der Waals surface area (Å²) >= 11 is 0. The number of hydrogen-bond donors (Lipinski definition) is 5. The molecule has 30 heavy (non-hydrogen) atoms.